The second kappa shape index (κ2) is 3.87. The minimum absolute atomic E-state index is 0.274. The van der Waals surface area contributed by atoms with Gasteiger partial charge in [-0.1, -0.05) is 0 Å². The third-order valence-electron chi connectivity index (χ3n) is 1.00. The average molecular weight is 118 g/mol. The lowest BCUT2D eigenvalue weighted by atomic mass is 10.1. The quantitative estimate of drug-likeness (QED) is 0.567. The maximum absolute atomic E-state index is 8.69. The van der Waals surface area contributed by atoms with Crippen LogP contribution in [0.2, 0.25) is 0 Å². The summed E-state index contributed by atoms with van der Waals surface area (Å²) < 4.78 is 0. The summed E-state index contributed by atoms with van der Waals surface area (Å²) in [6.45, 7) is 3.45. The van der Waals surface area contributed by atoms with Crippen LogP contribution >= 0.6 is 0 Å². The zero-order valence-corrected chi connectivity index (χ0v) is 5.46. The number of aliphatic hydroxyl groups is 2. The molecule has 2 atom stereocenters. The molecule has 0 spiro atoms. The van der Waals surface area contributed by atoms with Gasteiger partial charge >= 0.3 is 0 Å². The molecule has 0 unspecified atom stereocenters. The fourth-order valence-electron chi connectivity index (χ4n) is 0.482. The number of hydrogen-bond acceptors (Lipinski definition) is 2. The Morgan fingerprint density at radius 3 is 1.38 bits per heavy atom. The van der Waals surface area contributed by atoms with Gasteiger partial charge in [-0.2, -0.15) is 0 Å². The van der Waals surface area contributed by atoms with E-state index in [4.69, 9.17) is 10.2 Å². The van der Waals surface area contributed by atoms with Crippen molar-refractivity contribution in [3.05, 3.63) is 0 Å². The van der Waals surface area contributed by atoms with E-state index in [1.54, 1.807) is 13.8 Å². The summed E-state index contributed by atoms with van der Waals surface area (Å²) >= 11 is 0. The first-order valence-corrected chi connectivity index (χ1v) is 2.99. The maximum atomic E-state index is 8.69. The highest BCUT2D eigenvalue weighted by molar-refractivity contribution is 4.51. The first kappa shape index (κ1) is 7.92. The predicted octanol–water partition coefficient (Wildman–Crippen LogP) is 0.528. The fraction of sp³-hybridized carbons (Fsp3) is 1.00. The molecule has 0 aliphatic rings. The third-order valence-corrected chi connectivity index (χ3v) is 1.00. The van der Waals surface area contributed by atoms with Gasteiger partial charge in [0.05, 0.1) is 12.2 Å². The molecule has 0 aromatic rings. The normalized spacial score (nSPS) is 18.0. The van der Waals surface area contributed by atoms with Crippen molar-refractivity contribution in [2.24, 2.45) is 0 Å². The number of hydrogen-bond donors (Lipinski definition) is 2. The van der Waals surface area contributed by atoms with E-state index in [2.05, 4.69) is 0 Å². The predicted molar refractivity (Wildman–Crippen MR) is 32.6 cm³/mol. The average Bonchev–Trinajstić information content (AvgIpc) is 1.61. The molecule has 0 heterocycles. The summed E-state index contributed by atoms with van der Waals surface area (Å²) in [5, 5.41) is 17.4. The molecule has 0 aromatic heterocycles. The lowest BCUT2D eigenvalue weighted by Gasteiger charge is -2.04. The van der Waals surface area contributed by atoms with Crippen LogP contribution < -0.4 is 0 Å². The standard InChI is InChI=1S/C6H14O2/c1-5(7)3-4-6(2)8/h5-8H,3-4H2,1-2H3/t5-,6-/m0/s1. The maximum Gasteiger partial charge on any atom is 0.0513 e. The van der Waals surface area contributed by atoms with Gasteiger partial charge in [0.1, 0.15) is 0 Å². The highest BCUT2D eigenvalue weighted by Crippen LogP contribution is 1.98. The van der Waals surface area contributed by atoms with Crippen molar-refractivity contribution in [1.29, 1.82) is 0 Å². The minimum atomic E-state index is -0.274. The summed E-state index contributed by atoms with van der Waals surface area (Å²) in [6, 6.07) is 0. The Kier molecular flexibility index (Phi) is 3.83. The molecule has 0 fully saturated rings. The smallest absolute Gasteiger partial charge is 0.0513 e. The number of rotatable bonds is 3. The fourth-order valence-corrected chi connectivity index (χ4v) is 0.482. The van der Waals surface area contributed by atoms with Crippen LogP contribution in [0.25, 0.3) is 0 Å². The Morgan fingerprint density at radius 1 is 1.00 bits per heavy atom. The van der Waals surface area contributed by atoms with Crippen LogP contribution in [0.4, 0.5) is 0 Å². The summed E-state index contributed by atoms with van der Waals surface area (Å²) in [6.07, 6.45) is 0.837. The Hall–Kier alpha value is -0.0800. The Labute approximate surface area is 50.2 Å². The van der Waals surface area contributed by atoms with Crippen LogP contribution in [0.15, 0.2) is 0 Å². The van der Waals surface area contributed by atoms with Crippen molar-refractivity contribution < 1.29 is 10.2 Å². The van der Waals surface area contributed by atoms with Crippen LogP contribution in [0.5, 0.6) is 0 Å². The van der Waals surface area contributed by atoms with E-state index < -0.39 is 0 Å². The van der Waals surface area contributed by atoms with Crippen molar-refractivity contribution in [2.45, 2.75) is 38.9 Å². The van der Waals surface area contributed by atoms with Crippen molar-refractivity contribution in [1.82, 2.24) is 0 Å². The SMILES string of the molecule is C[C@H](O)CC[C@H](C)O. The van der Waals surface area contributed by atoms with E-state index in [9.17, 15) is 0 Å². The topological polar surface area (TPSA) is 40.5 Å². The van der Waals surface area contributed by atoms with Crippen LogP contribution in [-0.4, -0.2) is 22.4 Å². The van der Waals surface area contributed by atoms with E-state index in [-0.39, 0.29) is 12.2 Å². The van der Waals surface area contributed by atoms with Gasteiger partial charge in [-0.05, 0) is 26.7 Å². The Morgan fingerprint density at radius 2 is 1.25 bits per heavy atom. The molecule has 0 aromatic carbocycles. The molecule has 0 aliphatic heterocycles. The highest BCUT2D eigenvalue weighted by Gasteiger charge is 1.98. The molecule has 8 heavy (non-hydrogen) atoms. The second-order valence-corrected chi connectivity index (χ2v) is 2.28. The molecule has 0 bridgehead atoms. The lowest BCUT2D eigenvalue weighted by Crippen LogP contribution is -2.06. The molecule has 2 nitrogen and oxygen atoms in total. The van der Waals surface area contributed by atoms with Gasteiger partial charge in [0.15, 0.2) is 0 Å². The van der Waals surface area contributed by atoms with E-state index in [1.807, 2.05) is 0 Å². The molecule has 0 radical (unpaired) electrons. The molecule has 2 heteroatoms. The van der Waals surface area contributed by atoms with Crippen LogP contribution in [0.3, 0.4) is 0 Å². The first-order valence-electron chi connectivity index (χ1n) is 2.99. The van der Waals surface area contributed by atoms with E-state index in [0.29, 0.717) is 12.8 Å². The molecule has 0 saturated carbocycles. The van der Waals surface area contributed by atoms with Gasteiger partial charge in [0, 0.05) is 0 Å². The van der Waals surface area contributed by atoms with Gasteiger partial charge in [0.2, 0.25) is 0 Å². The highest BCUT2D eigenvalue weighted by atomic mass is 16.3. The summed E-state index contributed by atoms with van der Waals surface area (Å²) in [7, 11) is 0. The summed E-state index contributed by atoms with van der Waals surface area (Å²) in [4.78, 5) is 0. The van der Waals surface area contributed by atoms with Gasteiger partial charge in [-0.15, -0.1) is 0 Å². The van der Waals surface area contributed by atoms with Crippen LogP contribution in [0.1, 0.15) is 26.7 Å². The van der Waals surface area contributed by atoms with Crippen molar-refractivity contribution >= 4 is 0 Å². The molecule has 0 rings (SSSR count). The third kappa shape index (κ3) is 5.92. The zero-order valence-electron chi connectivity index (χ0n) is 5.46. The molecule has 0 amide bonds. The van der Waals surface area contributed by atoms with Gasteiger partial charge in [0.25, 0.3) is 0 Å². The van der Waals surface area contributed by atoms with Crippen molar-refractivity contribution in [3.8, 4) is 0 Å². The zero-order chi connectivity index (χ0) is 6.57. The first-order chi connectivity index (χ1) is 3.63. The van der Waals surface area contributed by atoms with Gasteiger partial charge in [-0.25, -0.2) is 0 Å². The summed E-state index contributed by atoms with van der Waals surface area (Å²) in [5.74, 6) is 0. The lowest BCUT2D eigenvalue weighted by molar-refractivity contribution is 0.133. The van der Waals surface area contributed by atoms with Crippen LogP contribution in [-0.2, 0) is 0 Å². The Bertz CT molecular complexity index is 42.5. The van der Waals surface area contributed by atoms with Crippen molar-refractivity contribution in [2.75, 3.05) is 0 Å². The molecular formula is C6H14O2. The van der Waals surface area contributed by atoms with Gasteiger partial charge in [-0.3, -0.25) is 0 Å². The molecular weight excluding hydrogens is 104 g/mol. The summed E-state index contributed by atoms with van der Waals surface area (Å²) in [5.41, 5.74) is 0. The molecule has 2 N–H and O–H groups in total. The van der Waals surface area contributed by atoms with Crippen LogP contribution in [0, 0.1) is 0 Å². The Balaban J connectivity index is 2.93. The second-order valence-electron chi connectivity index (χ2n) is 2.28. The van der Waals surface area contributed by atoms with E-state index in [0.717, 1.165) is 0 Å². The monoisotopic (exact) mass is 118 g/mol. The minimum Gasteiger partial charge on any atom is -0.393 e. The largest absolute Gasteiger partial charge is 0.393 e. The van der Waals surface area contributed by atoms with E-state index in [1.165, 1.54) is 0 Å². The van der Waals surface area contributed by atoms with E-state index >= 15 is 0 Å². The molecule has 0 aliphatic carbocycles. The molecule has 50 valence electrons. The molecule has 0 saturated heterocycles. The van der Waals surface area contributed by atoms with Gasteiger partial charge < -0.3 is 10.2 Å². The van der Waals surface area contributed by atoms with Crippen molar-refractivity contribution in [3.63, 3.8) is 0 Å². The number of aliphatic hydroxyl groups excluding tert-OH is 2.